The van der Waals surface area contributed by atoms with Gasteiger partial charge in [-0.05, 0) is 26.8 Å². The van der Waals surface area contributed by atoms with Crippen LogP contribution in [0.2, 0.25) is 0 Å². The van der Waals surface area contributed by atoms with Crippen molar-refractivity contribution in [1.29, 1.82) is 0 Å². The van der Waals surface area contributed by atoms with E-state index in [0.29, 0.717) is 6.61 Å². The summed E-state index contributed by atoms with van der Waals surface area (Å²) in [6.45, 7) is 8.61. The molecule has 0 aliphatic heterocycles. The zero-order valence-corrected chi connectivity index (χ0v) is 8.39. The maximum absolute atomic E-state index is 8.83. The topological polar surface area (TPSA) is 41.5 Å². The van der Waals surface area contributed by atoms with E-state index in [1.165, 1.54) is 0 Å². The van der Waals surface area contributed by atoms with Gasteiger partial charge in [-0.15, -0.1) is 0 Å². The minimum absolute atomic E-state index is 0.0699. The van der Waals surface area contributed by atoms with E-state index in [2.05, 4.69) is 19.2 Å². The number of likely N-dealkylation sites (N-methyl/N-ethyl adjacent to an activating group) is 1. The van der Waals surface area contributed by atoms with E-state index in [0.717, 1.165) is 19.6 Å². The van der Waals surface area contributed by atoms with Gasteiger partial charge in [0.05, 0.1) is 6.61 Å². The van der Waals surface area contributed by atoms with Crippen molar-refractivity contribution in [3.05, 3.63) is 0 Å². The molecule has 0 spiro atoms. The second-order valence-electron chi connectivity index (χ2n) is 3.20. The normalized spacial score (nSPS) is 16.0. The molecule has 0 aliphatic carbocycles. The third-order valence-corrected chi connectivity index (χ3v) is 1.89. The van der Waals surface area contributed by atoms with Gasteiger partial charge in [0.15, 0.2) is 0 Å². The number of hydrogen-bond donors (Lipinski definition) is 2. The van der Waals surface area contributed by atoms with Gasteiger partial charge in [0.2, 0.25) is 0 Å². The van der Waals surface area contributed by atoms with Crippen molar-refractivity contribution >= 4 is 0 Å². The van der Waals surface area contributed by atoms with E-state index in [4.69, 9.17) is 9.84 Å². The van der Waals surface area contributed by atoms with Crippen LogP contribution in [0.25, 0.3) is 0 Å². The SMILES string of the molecule is CCNC(C)(CCO)COCC. The lowest BCUT2D eigenvalue weighted by atomic mass is 10.00. The number of hydrogen-bond acceptors (Lipinski definition) is 3. The molecule has 0 bridgehead atoms. The highest BCUT2D eigenvalue weighted by atomic mass is 16.5. The van der Waals surface area contributed by atoms with E-state index in [1.807, 2.05) is 6.92 Å². The molecule has 74 valence electrons. The van der Waals surface area contributed by atoms with Gasteiger partial charge in [0.25, 0.3) is 0 Å². The van der Waals surface area contributed by atoms with Crippen LogP contribution in [0.1, 0.15) is 27.2 Å². The maximum atomic E-state index is 8.83. The summed E-state index contributed by atoms with van der Waals surface area (Å²) < 4.78 is 5.33. The van der Waals surface area contributed by atoms with E-state index in [1.54, 1.807) is 0 Å². The first-order valence-corrected chi connectivity index (χ1v) is 4.62. The van der Waals surface area contributed by atoms with Gasteiger partial charge in [0, 0.05) is 18.8 Å². The zero-order valence-electron chi connectivity index (χ0n) is 8.39. The first-order valence-electron chi connectivity index (χ1n) is 4.62. The Bertz CT molecular complexity index is 101. The Morgan fingerprint density at radius 2 is 2.08 bits per heavy atom. The Morgan fingerprint density at radius 1 is 1.42 bits per heavy atom. The smallest absolute Gasteiger partial charge is 0.0646 e. The summed E-state index contributed by atoms with van der Waals surface area (Å²) in [5.41, 5.74) is -0.0699. The molecule has 0 fully saturated rings. The second kappa shape index (κ2) is 6.40. The Labute approximate surface area is 75.1 Å². The Balaban J connectivity index is 3.80. The molecular formula is C9H21NO2. The minimum atomic E-state index is -0.0699. The molecule has 0 aromatic rings. The number of aliphatic hydroxyl groups excluding tert-OH is 1. The van der Waals surface area contributed by atoms with Crippen molar-refractivity contribution in [2.24, 2.45) is 0 Å². The van der Waals surface area contributed by atoms with Crippen LogP contribution in [0.15, 0.2) is 0 Å². The van der Waals surface area contributed by atoms with Crippen molar-refractivity contribution in [3.8, 4) is 0 Å². The molecule has 3 heteroatoms. The number of aliphatic hydroxyl groups is 1. The van der Waals surface area contributed by atoms with Gasteiger partial charge in [-0.3, -0.25) is 0 Å². The molecule has 0 radical (unpaired) electrons. The molecule has 0 saturated heterocycles. The van der Waals surface area contributed by atoms with Gasteiger partial charge >= 0.3 is 0 Å². The van der Waals surface area contributed by atoms with Crippen molar-refractivity contribution in [1.82, 2.24) is 5.32 Å². The van der Waals surface area contributed by atoms with Crippen molar-refractivity contribution < 1.29 is 9.84 Å². The highest BCUT2D eigenvalue weighted by Crippen LogP contribution is 2.09. The Hall–Kier alpha value is -0.120. The average molecular weight is 175 g/mol. The molecule has 0 heterocycles. The Kier molecular flexibility index (Phi) is 6.34. The van der Waals surface area contributed by atoms with Gasteiger partial charge in [-0.1, -0.05) is 6.92 Å². The standard InChI is InChI=1S/C9H21NO2/c1-4-10-9(3,6-7-11)8-12-5-2/h10-11H,4-8H2,1-3H3. The van der Waals surface area contributed by atoms with Crippen molar-refractivity contribution in [2.45, 2.75) is 32.7 Å². The molecule has 0 amide bonds. The lowest BCUT2D eigenvalue weighted by Gasteiger charge is -2.29. The monoisotopic (exact) mass is 175 g/mol. The largest absolute Gasteiger partial charge is 0.396 e. The molecule has 2 N–H and O–H groups in total. The maximum Gasteiger partial charge on any atom is 0.0646 e. The van der Waals surface area contributed by atoms with Crippen LogP contribution in [0.5, 0.6) is 0 Å². The van der Waals surface area contributed by atoms with Gasteiger partial charge in [0.1, 0.15) is 0 Å². The van der Waals surface area contributed by atoms with Gasteiger partial charge in [-0.2, -0.15) is 0 Å². The summed E-state index contributed by atoms with van der Waals surface area (Å²) >= 11 is 0. The predicted molar refractivity (Wildman–Crippen MR) is 50.3 cm³/mol. The van der Waals surface area contributed by atoms with Crippen LogP contribution >= 0.6 is 0 Å². The molecule has 0 aromatic carbocycles. The first-order chi connectivity index (χ1) is 5.68. The third kappa shape index (κ3) is 4.70. The lowest BCUT2D eigenvalue weighted by molar-refractivity contribution is 0.0707. The second-order valence-corrected chi connectivity index (χ2v) is 3.20. The molecule has 0 aromatic heterocycles. The first kappa shape index (κ1) is 11.9. The van der Waals surface area contributed by atoms with Crippen LogP contribution in [0, 0.1) is 0 Å². The summed E-state index contributed by atoms with van der Waals surface area (Å²) in [4.78, 5) is 0. The van der Waals surface area contributed by atoms with Crippen LogP contribution < -0.4 is 5.32 Å². The highest BCUT2D eigenvalue weighted by Gasteiger charge is 2.21. The van der Waals surface area contributed by atoms with Crippen LogP contribution in [0.4, 0.5) is 0 Å². The number of nitrogens with one attached hydrogen (secondary N) is 1. The average Bonchev–Trinajstić information content (AvgIpc) is 2.02. The summed E-state index contributed by atoms with van der Waals surface area (Å²) in [5, 5.41) is 12.1. The molecule has 0 saturated carbocycles. The molecule has 12 heavy (non-hydrogen) atoms. The Morgan fingerprint density at radius 3 is 2.50 bits per heavy atom. The minimum Gasteiger partial charge on any atom is -0.396 e. The number of rotatable bonds is 7. The van der Waals surface area contributed by atoms with E-state index in [-0.39, 0.29) is 12.1 Å². The van der Waals surface area contributed by atoms with Crippen LogP contribution in [-0.2, 0) is 4.74 Å². The van der Waals surface area contributed by atoms with Gasteiger partial charge in [-0.25, -0.2) is 0 Å². The molecular weight excluding hydrogens is 154 g/mol. The molecule has 0 rings (SSSR count). The van der Waals surface area contributed by atoms with Crippen molar-refractivity contribution in [2.75, 3.05) is 26.4 Å². The summed E-state index contributed by atoms with van der Waals surface area (Å²) in [6.07, 6.45) is 0.737. The summed E-state index contributed by atoms with van der Waals surface area (Å²) in [5.74, 6) is 0. The fourth-order valence-corrected chi connectivity index (χ4v) is 1.21. The third-order valence-electron chi connectivity index (χ3n) is 1.89. The zero-order chi connectivity index (χ0) is 9.45. The summed E-state index contributed by atoms with van der Waals surface area (Å²) in [6, 6.07) is 0. The van der Waals surface area contributed by atoms with E-state index in [9.17, 15) is 0 Å². The molecule has 1 atom stereocenters. The molecule has 0 aliphatic rings. The lowest BCUT2D eigenvalue weighted by Crippen LogP contribution is -2.47. The van der Waals surface area contributed by atoms with E-state index < -0.39 is 0 Å². The fourth-order valence-electron chi connectivity index (χ4n) is 1.21. The van der Waals surface area contributed by atoms with Crippen molar-refractivity contribution in [3.63, 3.8) is 0 Å². The van der Waals surface area contributed by atoms with Gasteiger partial charge < -0.3 is 15.2 Å². The molecule has 1 unspecified atom stereocenters. The van der Waals surface area contributed by atoms with Crippen LogP contribution in [-0.4, -0.2) is 37.0 Å². The fraction of sp³-hybridized carbons (Fsp3) is 1.00. The number of ether oxygens (including phenoxy) is 1. The highest BCUT2D eigenvalue weighted by molar-refractivity contribution is 4.81. The molecule has 3 nitrogen and oxygen atoms in total. The van der Waals surface area contributed by atoms with Crippen LogP contribution in [0.3, 0.4) is 0 Å². The van der Waals surface area contributed by atoms with E-state index >= 15 is 0 Å². The summed E-state index contributed by atoms with van der Waals surface area (Å²) in [7, 11) is 0. The predicted octanol–water partition coefficient (Wildman–Crippen LogP) is 0.773. The quantitative estimate of drug-likeness (QED) is 0.600.